The normalized spacial score (nSPS) is 11.1. The van der Waals surface area contributed by atoms with E-state index in [0.717, 1.165) is 39.2 Å². The van der Waals surface area contributed by atoms with Crippen LogP contribution in [0.3, 0.4) is 0 Å². The van der Waals surface area contributed by atoms with Crippen LogP contribution in [0.5, 0.6) is 0 Å². The lowest BCUT2D eigenvalue weighted by Crippen LogP contribution is -2.32. The number of benzene rings is 1. The topological polar surface area (TPSA) is 24.5 Å². The molecule has 0 fully saturated rings. The van der Waals surface area contributed by atoms with Gasteiger partial charge in [-0.3, -0.25) is 0 Å². The van der Waals surface area contributed by atoms with E-state index in [1.165, 1.54) is 11.3 Å². The molecule has 114 valence electrons. The second-order valence-corrected chi connectivity index (χ2v) is 5.44. The predicted octanol–water partition coefficient (Wildman–Crippen LogP) is 3.23. The van der Waals surface area contributed by atoms with Crippen LogP contribution in [0.4, 0.5) is 5.69 Å². The van der Waals surface area contributed by atoms with Crippen molar-refractivity contribution in [1.82, 2.24) is 5.32 Å². The van der Waals surface area contributed by atoms with Crippen molar-refractivity contribution in [2.24, 2.45) is 0 Å². The summed E-state index contributed by atoms with van der Waals surface area (Å²) in [6, 6.07) is 8.71. The summed E-state index contributed by atoms with van der Waals surface area (Å²) in [5.74, 6) is 0. The van der Waals surface area contributed by atoms with Gasteiger partial charge >= 0.3 is 0 Å². The first-order chi connectivity index (χ1) is 9.63. The monoisotopic (exact) mass is 278 g/mol. The molecule has 0 aliphatic heterocycles. The van der Waals surface area contributed by atoms with Gasteiger partial charge in [-0.2, -0.15) is 0 Å². The lowest BCUT2D eigenvalue weighted by atomic mass is 10.2. The average molecular weight is 278 g/mol. The van der Waals surface area contributed by atoms with Crippen LogP contribution in [-0.4, -0.2) is 38.9 Å². The molecular formula is C17H30N2O. The van der Waals surface area contributed by atoms with Crippen molar-refractivity contribution in [3.05, 3.63) is 29.8 Å². The number of nitrogens with one attached hydrogen (secondary N) is 1. The molecule has 0 atom stereocenters. The molecule has 0 heterocycles. The van der Waals surface area contributed by atoms with E-state index in [0.29, 0.717) is 6.10 Å². The molecule has 0 bridgehead atoms. The molecule has 20 heavy (non-hydrogen) atoms. The minimum Gasteiger partial charge on any atom is -0.379 e. The molecule has 0 aliphatic rings. The van der Waals surface area contributed by atoms with Gasteiger partial charge in [0.2, 0.25) is 0 Å². The number of rotatable bonds is 10. The highest BCUT2D eigenvalue weighted by Crippen LogP contribution is 2.14. The van der Waals surface area contributed by atoms with E-state index in [9.17, 15) is 0 Å². The lowest BCUT2D eigenvalue weighted by molar-refractivity contribution is 0.0771. The maximum atomic E-state index is 5.52. The number of aryl methyl sites for hydroxylation is 1. The summed E-state index contributed by atoms with van der Waals surface area (Å²) in [4.78, 5) is 2.41. The zero-order valence-electron chi connectivity index (χ0n) is 13.5. The average Bonchev–Trinajstić information content (AvgIpc) is 2.41. The van der Waals surface area contributed by atoms with Gasteiger partial charge < -0.3 is 15.0 Å². The Kier molecular flexibility index (Phi) is 8.31. The molecule has 0 spiro atoms. The fourth-order valence-electron chi connectivity index (χ4n) is 2.15. The number of hydrogen-bond donors (Lipinski definition) is 1. The highest BCUT2D eigenvalue weighted by atomic mass is 16.5. The number of likely N-dealkylation sites (N-methyl/N-ethyl adjacent to an activating group) is 1. The Labute approximate surface area is 124 Å². The maximum Gasteiger partial charge on any atom is 0.0518 e. The minimum absolute atomic E-state index is 0.340. The lowest BCUT2D eigenvalue weighted by Gasteiger charge is -2.23. The molecule has 0 radical (unpaired) electrons. The first kappa shape index (κ1) is 17.0. The van der Waals surface area contributed by atoms with Gasteiger partial charge in [-0.25, -0.2) is 0 Å². The van der Waals surface area contributed by atoms with E-state index in [1.54, 1.807) is 0 Å². The number of nitrogens with zero attached hydrogens (tertiary/aromatic N) is 1. The summed E-state index contributed by atoms with van der Waals surface area (Å²) < 4.78 is 5.52. The summed E-state index contributed by atoms with van der Waals surface area (Å²) in [5.41, 5.74) is 2.64. The van der Waals surface area contributed by atoms with E-state index >= 15 is 0 Å². The SMILES string of the molecule is CCN(CCNCCCOC(C)C)c1cccc(C)c1. The quantitative estimate of drug-likeness (QED) is 0.665. The smallest absolute Gasteiger partial charge is 0.0518 e. The van der Waals surface area contributed by atoms with Crippen LogP contribution in [0.1, 0.15) is 32.8 Å². The number of ether oxygens (including phenoxy) is 1. The van der Waals surface area contributed by atoms with Gasteiger partial charge in [-0.15, -0.1) is 0 Å². The third kappa shape index (κ3) is 6.92. The first-order valence-electron chi connectivity index (χ1n) is 7.77. The van der Waals surface area contributed by atoms with Crippen LogP contribution in [0.2, 0.25) is 0 Å². The fraction of sp³-hybridized carbons (Fsp3) is 0.647. The van der Waals surface area contributed by atoms with Crippen LogP contribution in [0, 0.1) is 6.92 Å². The molecule has 0 aromatic heterocycles. The summed E-state index contributed by atoms with van der Waals surface area (Å²) >= 11 is 0. The van der Waals surface area contributed by atoms with Gasteiger partial charge in [-0.1, -0.05) is 12.1 Å². The molecule has 3 nitrogen and oxygen atoms in total. The Morgan fingerprint density at radius 2 is 2.05 bits per heavy atom. The zero-order chi connectivity index (χ0) is 14.8. The Bertz CT molecular complexity index is 366. The van der Waals surface area contributed by atoms with Crippen molar-refractivity contribution >= 4 is 5.69 Å². The first-order valence-corrected chi connectivity index (χ1v) is 7.77. The summed E-state index contributed by atoms with van der Waals surface area (Å²) in [5, 5.41) is 3.49. The Hall–Kier alpha value is -1.06. The Morgan fingerprint density at radius 3 is 2.70 bits per heavy atom. The van der Waals surface area contributed by atoms with Gasteiger partial charge in [0.25, 0.3) is 0 Å². The van der Waals surface area contributed by atoms with Crippen molar-refractivity contribution in [3.63, 3.8) is 0 Å². The standard InChI is InChI=1S/C17H30N2O/c1-5-19(17-9-6-8-16(4)14-17)12-11-18-10-7-13-20-15(2)3/h6,8-9,14-15,18H,5,7,10-13H2,1-4H3. The van der Waals surface area contributed by atoms with E-state index in [-0.39, 0.29) is 0 Å². The van der Waals surface area contributed by atoms with Gasteiger partial charge in [0, 0.05) is 31.9 Å². The van der Waals surface area contributed by atoms with Crippen LogP contribution in [0.25, 0.3) is 0 Å². The highest BCUT2D eigenvalue weighted by molar-refractivity contribution is 5.48. The van der Waals surface area contributed by atoms with Crippen molar-refractivity contribution < 1.29 is 4.74 Å². The summed E-state index contributed by atoms with van der Waals surface area (Å²) in [6.07, 6.45) is 1.42. The van der Waals surface area contributed by atoms with Gasteiger partial charge in [-0.05, 0) is 58.4 Å². The van der Waals surface area contributed by atoms with Crippen molar-refractivity contribution in [2.75, 3.05) is 37.7 Å². The van der Waals surface area contributed by atoms with Crippen LogP contribution < -0.4 is 10.2 Å². The van der Waals surface area contributed by atoms with Crippen molar-refractivity contribution in [2.45, 2.75) is 40.2 Å². The second kappa shape index (κ2) is 9.78. The third-order valence-electron chi connectivity index (χ3n) is 3.26. The fourth-order valence-corrected chi connectivity index (χ4v) is 2.15. The van der Waals surface area contributed by atoms with E-state index in [4.69, 9.17) is 4.74 Å². The molecule has 0 saturated heterocycles. The second-order valence-electron chi connectivity index (χ2n) is 5.44. The van der Waals surface area contributed by atoms with Gasteiger partial charge in [0.1, 0.15) is 0 Å². The predicted molar refractivity (Wildman–Crippen MR) is 87.6 cm³/mol. The molecular weight excluding hydrogens is 248 g/mol. The van der Waals surface area contributed by atoms with Gasteiger partial charge in [0.15, 0.2) is 0 Å². The van der Waals surface area contributed by atoms with Gasteiger partial charge in [0.05, 0.1) is 6.10 Å². The molecule has 0 amide bonds. The zero-order valence-corrected chi connectivity index (χ0v) is 13.5. The molecule has 1 aromatic carbocycles. The molecule has 3 heteroatoms. The molecule has 1 rings (SSSR count). The molecule has 1 aromatic rings. The number of hydrogen-bond acceptors (Lipinski definition) is 3. The molecule has 0 saturated carbocycles. The Balaban J connectivity index is 2.19. The van der Waals surface area contributed by atoms with E-state index in [2.05, 4.69) is 62.2 Å². The van der Waals surface area contributed by atoms with Crippen LogP contribution >= 0.6 is 0 Å². The molecule has 1 N–H and O–H groups in total. The third-order valence-corrected chi connectivity index (χ3v) is 3.26. The Morgan fingerprint density at radius 1 is 1.25 bits per heavy atom. The minimum atomic E-state index is 0.340. The van der Waals surface area contributed by atoms with Crippen LogP contribution in [0.15, 0.2) is 24.3 Å². The number of anilines is 1. The van der Waals surface area contributed by atoms with Crippen molar-refractivity contribution in [3.8, 4) is 0 Å². The summed E-state index contributed by atoms with van der Waals surface area (Å²) in [6.45, 7) is 13.5. The molecule has 0 aliphatic carbocycles. The summed E-state index contributed by atoms with van der Waals surface area (Å²) in [7, 11) is 0. The van der Waals surface area contributed by atoms with Crippen molar-refractivity contribution in [1.29, 1.82) is 0 Å². The molecule has 0 unspecified atom stereocenters. The maximum absolute atomic E-state index is 5.52. The highest BCUT2D eigenvalue weighted by Gasteiger charge is 2.03. The van der Waals surface area contributed by atoms with E-state index in [1.807, 2.05) is 0 Å². The van der Waals surface area contributed by atoms with E-state index < -0.39 is 0 Å². The largest absolute Gasteiger partial charge is 0.379 e. The van der Waals surface area contributed by atoms with Crippen LogP contribution in [-0.2, 0) is 4.74 Å².